The molecule has 0 aliphatic carbocycles. The van der Waals surface area contributed by atoms with Crippen molar-refractivity contribution in [2.45, 2.75) is 29.5 Å². The Bertz CT molecular complexity index is 476. The van der Waals surface area contributed by atoms with E-state index < -0.39 is 5.76 Å². The van der Waals surface area contributed by atoms with Crippen LogP contribution >= 0.6 is 24.2 Å². The average molecular weight is 337 g/mol. The van der Waals surface area contributed by atoms with Crippen LogP contribution in [0.5, 0.6) is 0 Å². The lowest BCUT2D eigenvalue weighted by atomic mass is 10.0. The number of carbonyl (C=O) groups excluding carboxylic acids is 1. The van der Waals surface area contributed by atoms with E-state index in [9.17, 15) is 13.6 Å². The van der Waals surface area contributed by atoms with E-state index in [1.807, 2.05) is 7.05 Å². The molecule has 1 fully saturated rings. The van der Waals surface area contributed by atoms with Crippen LogP contribution in [0.2, 0.25) is 0 Å². The Labute approximate surface area is 133 Å². The zero-order valence-corrected chi connectivity index (χ0v) is 13.4. The molecule has 3 nitrogen and oxygen atoms in total. The number of carbonyl (C=O) groups is 1. The SMILES string of the molecule is CNC1CCCN(C(=O)c2ccccc2SC(F)F)C1.Cl. The molecule has 0 aromatic heterocycles. The predicted octanol–water partition coefficient (Wildman–Crippen LogP) is 3.25. The van der Waals surface area contributed by atoms with Crippen molar-refractivity contribution >= 4 is 30.1 Å². The number of hydrogen-bond acceptors (Lipinski definition) is 3. The highest BCUT2D eigenvalue weighted by atomic mass is 35.5. The van der Waals surface area contributed by atoms with Crippen molar-refractivity contribution in [2.75, 3.05) is 20.1 Å². The van der Waals surface area contributed by atoms with Gasteiger partial charge in [0.2, 0.25) is 0 Å². The molecule has 1 aromatic carbocycles. The van der Waals surface area contributed by atoms with E-state index in [1.165, 1.54) is 0 Å². The van der Waals surface area contributed by atoms with Gasteiger partial charge in [-0.05, 0) is 32.0 Å². The summed E-state index contributed by atoms with van der Waals surface area (Å²) < 4.78 is 25.1. The zero-order chi connectivity index (χ0) is 14.5. The summed E-state index contributed by atoms with van der Waals surface area (Å²) in [6.07, 6.45) is 1.97. The number of nitrogens with zero attached hydrogens (tertiary/aromatic N) is 1. The van der Waals surface area contributed by atoms with E-state index in [2.05, 4.69) is 5.32 Å². The van der Waals surface area contributed by atoms with Crippen molar-refractivity contribution in [2.24, 2.45) is 0 Å². The molecule has 118 valence electrons. The van der Waals surface area contributed by atoms with Gasteiger partial charge in [0.05, 0.1) is 5.56 Å². The molecule has 0 radical (unpaired) electrons. The zero-order valence-electron chi connectivity index (χ0n) is 11.7. The van der Waals surface area contributed by atoms with Gasteiger partial charge in [0.1, 0.15) is 0 Å². The van der Waals surface area contributed by atoms with E-state index in [-0.39, 0.29) is 24.4 Å². The molecule has 0 bridgehead atoms. The maximum Gasteiger partial charge on any atom is 0.288 e. The first-order valence-electron chi connectivity index (χ1n) is 6.62. The fraction of sp³-hybridized carbons (Fsp3) is 0.500. The molecular formula is C14H19ClF2N2OS. The topological polar surface area (TPSA) is 32.3 Å². The van der Waals surface area contributed by atoms with E-state index in [0.717, 1.165) is 12.8 Å². The fourth-order valence-corrected chi connectivity index (χ4v) is 3.04. The number of hydrogen-bond donors (Lipinski definition) is 1. The third-order valence-electron chi connectivity index (χ3n) is 3.45. The molecular weight excluding hydrogens is 318 g/mol. The molecule has 1 heterocycles. The fourth-order valence-electron chi connectivity index (χ4n) is 2.41. The van der Waals surface area contributed by atoms with E-state index in [0.29, 0.717) is 35.3 Å². The molecule has 21 heavy (non-hydrogen) atoms. The lowest BCUT2D eigenvalue weighted by molar-refractivity contribution is 0.0694. The smallest absolute Gasteiger partial charge is 0.288 e. The second-order valence-electron chi connectivity index (χ2n) is 4.75. The molecule has 1 N–H and O–H groups in total. The van der Waals surface area contributed by atoms with Crippen LogP contribution in [0.15, 0.2) is 29.2 Å². The number of likely N-dealkylation sites (N-methyl/N-ethyl adjacent to an activating group) is 1. The molecule has 1 aromatic rings. The van der Waals surface area contributed by atoms with Crippen molar-refractivity contribution in [3.8, 4) is 0 Å². The molecule has 0 saturated carbocycles. The standard InChI is InChI=1S/C14H18F2N2OS.ClH/c1-17-10-5-4-8-18(9-10)13(19)11-6-2-3-7-12(11)20-14(15)16;/h2-3,6-7,10,14,17H,4-5,8-9H2,1H3;1H. The summed E-state index contributed by atoms with van der Waals surface area (Å²) in [6.45, 7) is 1.31. The maximum absolute atomic E-state index is 12.6. The highest BCUT2D eigenvalue weighted by Gasteiger charge is 2.25. The lowest BCUT2D eigenvalue weighted by Gasteiger charge is -2.33. The van der Waals surface area contributed by atoms with E-state index in [1.54, 1.807) is 29.2 Å². The van der Waals surface area contributed by atoms with Gasteiger partial charge in [0.25, 0.3) is 11.7 Å². The van der Waals surface area contributed by atoms with Gasteiger partial charge < -0.3 is 10.2 Å². The minimum Gasteiger partial charge on any atom is -0.337 e. The van der Waals surface area contributed by atoms with Crippen LogP contribution in [-0.2, 0) is 0 Å². The van der Waals surface area contributed by atoms with Gasteiger partial charge >= 0.3 is 0 Å². The van der Waals surface area contributed by atoms with Crippen molar-refractivity contribution in [1.82, 2.24) is 10.2 Å². The van der Waals surface area contributed by atoms with Gasteiger partial charge in [-0.3, -0.25) is 4.79 Å². The van der Waals surface area contributed by atoms with Crippen LogP contribution in [0, 0.1) is 0 Å². The number of likely N-dealkylation sites (tertiary alicyclic amines) is 1. The van der Waals surface area contributed by atoms with Gasteiger partial charge in [0.15, 0.2) is 0 Å². The number of piperidine rings is 1. The molecule has 1 unspecified atom stereocenters. The summed E-state index contributed by atoms with van der Waals surface area (Å²) in [7, 11) is 1.87. The normalized spacial score (nSPS) is 18.5. The van der Waals surface area contributed by atoms with Gasteiger partial charge in [0, 0.05) is 24.0 Å². The van der Waals surface area contributed by atoms with Crippen molar-refractivity contribution in [3.05, 3.63) is 29.8 Å². The van der Waals surface area contributed by atoms with Gasteiger partial charge in [-0.1, -0.05) is 23.9 Å². The third kappa shape index (κ3) is 4.83. The minimum atomic E-state index is -2.52. The largest absolute Gasteiger partial charge is 0.337 e. The number of thioether (sulfide) groups is 1. The highest BCUT2D eigenvalue weighted by Crippen LogP contribution is 2.29. The lowest BCUT2D eigenvalue weighted by Crippen LogP contribution is -2.47. The van der Waals surface area contributed by atoms with Crippen LogP contribution in [-0.4, -0.2) is 42.7 Å². The molecule has 0 spiro atoms. The summed E-state index contributed by atoms with van der Waals surface area (Å²) in [6, 6.07) is 6.86. The van der Waals surface area contributed by atoms with Crippen LogP contribution in [0.3, 0.4) is 0 Å². The van der Waals surface area contributed by atoms with Gasteiger partial charge in [-0.15, -0.1) is 12.4 Å². The van der Waals surface area contributed by atoms with Gasteiger partial charge in [-0.25, -0.2) is 0 Å². The van der Waals surface area contributed by atoms with Crippen molar-refractivity contribution in [1.29, 1.82) is 0 Å². The Morgan fingerprint density at radius 2 is 2.14 bits per heavy atom. The highest BCUT2D eigenvalue weighted by molar-refractivity contribution is 7.99. The summed E-state index contributed by atoms with van der Waals surface area (Å²) >= 11 is 0.427. The molecule has 1 atom stereocenters. The van der Waals surface area contributed by atoms with Crippen molar-refractivity contribution in [3.63, 3.8) is 0 Å². The number of nitrogens with one attached hydrogen (secondary N) is 1. The number of benzene rings is 1. The number of halogens is 3. The van der Waals surface area contributed by atoms with Crippen LogP contribution < -0.4 is 5.32 Å². The Morgan fingerprint density at radius 1 is 1.43 bits per heavy atom. The summed E-state index contributed by atoms with van der Waals surface area (Å²) in [5, 5.41) is 3.17. The molecule has 1 aliphatic rings. The molecule has 1 saturated heterocycles. The quantitative estimate of drug-likeness (QED) is 0.857. The first-order valence-corrected chi connectivity index (χ1v) is 7.50. The predicted molar refractivity (Wildman–Crippen MR) is 83.5 cm³/mol. The first kappa shape index (κ1) is 18.2. The van der Waals surface area contributed by atoms with Crippen LogP contribution in [0.25, 0.3) is 0 Å². The first-order chi connectivity index (χ1) is 9.61. The molecule has 7 heteroatoms. The summed E-state index contributed by atoms with van der Waals surface area (Å²) in [5.74, 6) is -2.68. The van der Waals surface area contributed by atoms with Crippen molar-refractivity contribution < 1.29 is 13.6 Å². The Hall–Kier alpha value is -0.850. The monoisotopic (exact) mass is 336 g/mol. The second-order valence-corrected chi connectivity index (χ2v) is 5.79. The third-order valence-corrected chi connectivity index (χ3v) is 4.24. The number of rotatable bonds is 4. The number of amides is 1. The van der Waals surface area contributed by atoms with Gasteiger partial charge in [-0.2, -0.15) is 8.78 Å². The van der Waals surface area contributed by atoms with Crippen LogP contribution in [0.1, 0.15) is 23.2 Å². The Kier molecular flexibility index (Phi) is 7.42. The Balaban J connectivity index is 0.00000220. The Morgan fingerprint density at radius 3 is 2.81 bits per heavy atom. The summed E-state index contributed by atoms with van der Waals surface area (Å²) in [4.78, 5) is 14.6. The molecule has 1 aliphatic heterocycles. The van der Waals surface area contributed by atoms with E-state index in [4.69, 9.17) is 0 Å². The molecule has 1 amide bonds. The molecule has 2 rings (SSSR count). The summed E-state index contributed by atoms with van der Waals surface area (Å²) in [5.41, 5.74) is 0.370. The number of alkyl halides is 2. The van der Waals surface area contributed by atoms with E-state index >= 15 is 0 Å². The van der Waals surface area contributed by atoms with Crippen LogP contribution in [0.4, 0.5) is 8.78 Å². The minimum absolute atomic E-state index is 0. The maximum atomic E-state index is 12.6. The second kappa shape index (κ2) is 8.56. The average Bonchev–Trinajstić information content (AvgIpc) is 2.46.